The molecule has 0 unspecified atom stereocenters. The smallest absolute Gasteiger partial charge is 0.317 e. The topological polar surface area (TPSA) is 227 Å². The summed E-state index contributed by atoms with van der Waals surface area (Å²) in [5, 5.41) is 59.7. The van der Waals surface area contributed by atoms with Gasteiger partial charge in [0.15, 0.2) is 0 Å². The summed E-state index contributed by atoms with van der Waals surface area (Å²) in [4.78, 5) is 53.8. The van der Waals surface area contributed by atoms with Crippen molar-refractivity contribution >= 4 is 23.8 Å². The normalized spacial score (nSPS) is 19.4. The van der Waals surface area contributed by atoms with Gasteiger partial charge in [0.2, 0.25) is 11.8 Å². The number of aliphatic hydroxyl groups excluding tert-OH is 4. The number of aliphatic hydroxyl groups is 4. The van der Waals surface area contributed by atoms with E-state index < -0.39 is 49.4 Å². The molecule has 1 saturated heterocycles. The first-order valence-corrected chi connectivity index (χ1v) is 11.5. The minimum absolute atomic E-state index is 0.154. The summed E-state index contributed by atoms with van der Waals surface area (Å²) in [6.07, 6.45) is -2.84. The molecule has 16 nitrogen and oxygen atoms in total. The third-order valence-electron chi connectivity index (χ3n) is 5.38. The molecule has 0 aromatic carbocycles. The molecule has 1 rings (SSSR count). The molecule has 1 aliphatic rings. The standard InChI is InChI=1S/C20H38N6O10/c27-13-17(31)21-15(29)9-23-1-5-25(11-19(33)34)7-3-24(10-16(30)22-18(32)14-28)4-8-26(6-2-23)12-20(35)36/h17-18,27-28,31-32H,1-14H2,(H,21,29)(H,22,30)(H,33,34)(H,35,36)/t17-,18-/m1/s1. The Labute approximate surface area is 208 Å². The lowest BCUT2D eigenvalue weighted by molar-refractivity contribution is -0.139. The molecular weight excluding hydrogens is 484 g/mol. The van der Waals surface area contributed by atoms with Crippen molar-refractivity contribution in [2.75, 3.05) is 91.8 Å². The quantitative estimate of drug-likeness (QED) is 0.112. The van der Waals surface area contributed by atoms with Crippen LogP contribution < -0.4 is 10.6 Å². The van der Waals surface area contributed by atoms with Gasteiger partial charge in [-0.2, -0.15) is 0 Å². The first-order chi connectivity index (χ1) is 17.0. The molecule has 0 aromatic rings. The van der Waals surface area contributed by atoms with Gasteiger partial charge in [-0.3, -0.25) is 38.8 Å². The Morgan fingerprint density at radius 3 is 1.03 bits per heavy atom. The third-order valence-corrected chi connectivity index (χ3v) is 5.38. The third kappa shape index (κ3) is 14.2. The molecule has 16 heteroatoms. The number of carbonyl (C=O) groups is 4. The van der Waals surface area contributed by atoms with E-state index in [4.69, 9.17) is 10.2 Å². The van der Waals surface area contributed by atoms with E-state index in [2.05, 4.69) is 10.6 Å². The Bertz CT molecular complexity index is 640. The first-order valence-electron chi connectivity index (χ1n) is 11.5. The van der Waals surface area contributed by atoms with E-state index in [0.29, 0.717) is 0 Å². The van der Waals surface area contributed by atoms with Gasteiger partial charge >= 0.3 is 11.9 Å². The van der Waals surface area contributed by atoms with E-state index in [1.165, 1.54) is 0 Å². The molecule has 0 spiro atoms. The number of amides is 2. The van der Waals surface area contributed by atoms with E-state index in [-0.39, 0.29) is 78.5 Å². The van der Waals surface area contributed by atoms with Crippen LogP contribution in [0.25, 0.3) is 0 Å². The maximum Gasteiger partial charge on any atom is 0.317 e. The second-order valence-corrected chi connectivity index (χ2v) is 8.42. The number of nitrogens with one attached hydrogen (secondary N) is 2. The van der Waals surface area contributed by atoms with E-state index in [0.717, 1.165) is 0 Å². The summed E-state index contributed by atoms with van der Waals surface area (Å²) in [7, 11) is 0. The number of carboxylic acids is 2. The lowest BCUT2D eigenvalue weighted by Gasteiger charge is -2.33. The molecule has 2 amide bonds. The van der Waals surface area contributed by atoms with Crippen LogP contribution in [0.3, 0.4) is 0 Å². The number of rotatable bonds is 12. The second kappa shape index (κ2) is 17.1. The fourth-order valence-corrected chi connectivity index (χ4v) is 3.55. The van der Waals surface area contributed by atoms with Gasteiger partial charge in [0.1, 0.15) is 12.5 Å². The molecular formula is C20H38N6O10. The minimum atomic E-state index is -1.42. The van der Waals surface area contributed by atoms with Crippen molar-refractivity contribution in [2.45, 2.75) is 12.5 Å². The number of carbonyl (C=O) groups excluding carboxylic acids is 2. The number of hydrogen-bond donors (Lipinski definition) is 8. The van der Waals surface area contributed by atoms with E-state index >= 15 is 0 Å². The first kappa shape index (κ1) is 31.6. The highest BCUT2D eigenvalue weighted by Crippen LogP contribution is 2.02. The zero-order valence-electron chi connectivity index (χ0n) is 20.2. The van der Waals surface area contributed by atoms with Crippen LogP contribution in [-0.4, -0.2) is 178 Å². The molecule has 1 heterocycles. The molecule has 1 fully saturated rings. The molecule has 0 bridgehead atoms. The molecule has 208 valence electrons. The zero-order valence-corrected chi connectivity index (χ0v) is 20.2. The molecule has 1 aliphatic heterocycles. The number of nitrogens with zero attached hydrogens (tertiary/aromatic N) is 4. The van der Waals surface area contributed by atoms with Crippen molar-refractivity contribution in [3.8, 4) is 0 Å². The summed E-state index contributed by atoms with van der Waals surface area (Å²) in [5.74, 6) is -3.22. The molecule has 36 heavy (non-hydrogen) atoms. The maximum absolute atomic E-state index is 12.2. The summed E-state index contributed by atoms with van der Waals surface area (Å²) in [5.41, 5.74) is 0. The fourth-order valence-electron chi connectivity index (χ4n) is 3.55. The van der Waals surface area contributed by atoms with Crippen LogP contribution in [0, 0.1) is 0 Å². The molecule has 0 aromatic heterocycles. The Kier molecular flexibility index (Phi) is 15.0. The van der Waals surface area contributed by atoms with Gasteiger partial charge < -0.3 is 41.3 Å². The van der Waals surface area contributed by atoms with Gasteiger partial charge in [-0.05, 0) is 0 Å². The number of carboxylic acid groups (broad SMARTS) is 2. The monoisotopic (exact) mass is 522 g/mol. The van der Waals surface area contributed by atoms with Gasteiger partial charge in [-0.25, -0.2) is 0 Å². The van der Waals surface area contributed by atoms with Gasteiger partial charge in [-0.1, -0.05) is 0 Å². The van der Waals surface area contributed by atoms with Gasteiger partial charge in [0, 0.05) is 52.4 Å². The molecule has 2 atom stereocenters. The largest absolute Gasteiger partial charge is 0.480 e. The highest BCUT2D eigenvalue weighted by atomic mass is 16.4. The Morgan fingerprint density at radius 2 is 0.806 bits per heavy atom. The number of aliphatic carboxylic acids is 2. The van der Waals surface area contributed by atoms with Crippen LogP contribution in [0.4, 0.5) is 0 Å². The van der Waals surface area contributed by atoms with Crippen molar-refractivity contribution in [1.29, 1.82) is 0 Å². The average molecular weight is 523 g/mol. The van der Waals surface area contributed by atoms with Crippen molar-refractivity contribution in [2.24, 2.45) is 0 Å². The zero-order chi connectivity index (χ0) is 27.1. The van der Waals surface area contributed by atoms with Gasteiger partial charge in [0.25, 0.3) is 0 Å². The van der Waals surface area contributed by atoms with Crippen LogP contribution >= 0.6 is 0 Å². The maximum atomic E-state index is 12.2. The molecule has 8 N–H and O–H groups in total. The summed E-state index contributed by atoms with van der Waals surface area (Å²) in [6, 6.07) is 0. The Hall–Kier alpha value is -2.44. The highest BCUT2D eigenvalue weighted by molar-refractivity contribution is 5.78. The predicted octanol–water partition coefficient (Wildman–Crippen LogP) is -5.77. The van der Waals surface area contributed by atoms with Crippen molar-refractivity contribution in [3.63, 3.8) is 0 Å². The lowest BCUT2D eigenvalue weighted by Crippen LogP contribution is -2.51. The van der Waals surface area contributed by atoms with Gasteiger partial charge in [0.05, 0.1) is 39.4 Å². The lowest BCUT2D eigenvalue weighted by atomic mass is 10.3. The Balaban J connectivity index is 2.97. The molecule has 0 radical (unpaired) electrons. The van der Waals surface area contributed by atoms with Crippen LogP contribution in [-0.2, 0) is 19.2 Å². The number of hydrogen-bond acceptors (Lipinski definition) is 12. The predicted molar refractivity (Wildman–Crippen MR) is 124 cm³/mol. The fraction of sp³-hybridized carbons (Fsp3) is 0.800. The second-order valence-electron chi connectivity index (χ2n) is 8.42. The van der Waals surface area contributed by atoms with Crippen molar-refractivity contribution in [1.82, 2.24) is 30.2 Å². The molecule has 0 aliphatic carbocycles. The van der Waals surface area contributed by atoms with Crippen LogP contribution in [0.5, 0.6) is 0 Å². The van der Waals surface area contributed by atoms with Crippen molar-refractivity contribution in [3.05, 3.63) is 0 Å². The van der Waals surface area contributed by atoms with Crippen LogP contribution in [0.1, 0.15) is 0 Å². The van der Waals surface area contributed by atoms with E-state index in [1.54, 1.807) is 19.6 Å². The summed E-state index contributed by atoms with van der Waals surface area (Å²) >= 11 is 0. The van der Waals surface area contributed by atoms with E-state index in [9.17, 15) is 39.6 Å². The summed E-state index contributed by atoms with van der Waals surface area (Å²) < 4.78 is 0. The van der Waals surface area contributed by atoms with E-state index in [1.807, 2.05) is 0 Å². The average Bonchev–Trinajstić information content (AvgIpc) is 2.79. The van der Waals surface area contributed by atoms with Crippen LogP contribution in [0.15, 0.2) is 0 Å². The Morgan fingerprint density at radius 1 is 0.556 bits per heavy atom. The highest BCUT2D eigenvalue weighted by Gasteiger charge is 2.22. The summed E-state index contributed by atoms with van der Waals surface area (Å²) in [6.45, 7) is -0.106. The van der Waals surface area contributed by atoms with Crippen LogP contribution in [0.2, 0.25) is 0 Å². The molecule has 0 saturated carbocycles. The van der Waals surface area contributed by atoms with Gasteiger partial charge in [-0.15, -0.1) is 0 Å². The minimum Gasteiger partial charge on any atom is -0.480 e. The SMILES string of the molecule is O=C(O)CN1CCN(CC(=O)N[C@H](O)CO)CCN(CC(=O)O)CCN(CC(=O)N[C@H](O)CO)CC1. The van der Waals surface area contributed by atoms with Crippen molar-refractivity contribution < 1.29 is 49.8 Å².